The number of carboxylic acids is 1. The highest BCUT2D eigenvalue weighted by atomic mass is 16.6. The van der Waals surface area contributed by atoms with E-state index in [-0.39, 0.29) is 50.1 Å². The lowest BCUT2D eigenvalue weighted by molar-refractivity contribution is -0.138. The lowest BCUT2D eigenvalue weighted by Gasteiger charge is -2.20. The number of aryl methyl sites for hydroxylation is 1. The number of hydrogen-bond donors (Lipinski definition) is 1. The van der Waals surface area contributed by atoms with E-state index in [4.69, 9.17) is 47.7 Å². The van der Waals surface area contributed by atoms with Crippen molar-refractivity contribution in [3.05, 3.63) is 94.6 Å². The van der Waals surface area contributed by atoms with E-state index in [0.29, 0.717) is 131 Å². The van der Waals surface area contributed by atoms with Gasteiger partial charge in [-0.1, -0.05) is 36.4 Å². The van der Waals surface area contributed by atoms with E-state index in [1.165, 1.54) is 0 Å². The number of methoxy groups -OCH3 is 2. The van der Waals surface area contributed by atoms with Crippen molar-refractivity contribution in [1.82, 2.24) is 9.80 Å². The maximum atomic E-state index is 13.6. The van der Waals surface area contributed by atoms with Crippen molar-refractivity contribution in [2.75, 3.05) is 93.4 Å². The molecule has 17 heteroatoms. The molecule has 0 saturated carbocycles. The van der Waals surface area contributed by atoms with E-state index in [9.17, 15) is 14.4 Å². The normalized spacial score (nSPS) is 17.2. The van der Waals surface area contributed by atoms with Crippen molar-refractivity contribution in [2.45, 2.75) is 57.4 Å². The minimum Gasteiger partial charge on any atom is -0.493 e. The molecule has 0 spiro atoms. The molecule has 0 bridgehead atoms. The van der Waals surface area contributed by atoms with Gasteiger partial charge in [0.15, 0.2) is 23.0 Å². The summed E-state index contributed by atoms with van der Waals surface area (Å²) in [5.41, 5.74) is 6.77. The van der Waals surface area contributed by atoms with Crippen LogP contribution in [0, 0.1) is 0 Å². The molecule has 3 aromatic rings. The van der Waals surface area contributed by atoms with Gasteiger partial charge in [0.2, 0.25) is 0 Å². The van der Waals surface area contributed by atoms with E-state index >= 15 is 0 Å². The van der Waals surface area contributed by atoms with Crippen LogP contribution >= 0.6 is 0 Å². The Hall–Kier alpha value is -6.11. The summed E-state index contributed by atoms with van der Waals surface area (Å²) < 4.78 is 51.9. The monoisotopic (exact) mass is 924 g/mol. The Bertz CT molecular complexity index is 2200. The summed E-state index contributed by atoms with van der Waals surface area (Å²) in [7, 11) is 3.09. The maximum Gasteiger partial charge on any atom is 0.305 e. The van der Waals surface area contributed by atoms with Gasteiger partial charge in [0.1, 0.15) is 13.2 Å². The lowest BCUT2D eigenvalue weighted by Crippen LogP contribution is -2.35. The van der Waals surface area contributed by atoms with Crippen molar-refractivity contribution in [3.8, 4) is 23.0 Å². The topological polar surface area (TPSA) is 186 Å². The molecule has 4 heterocycles. The van der Waals surface area contributed by atoms with Crippen LogP contribution in [0.15, 0.2) is 76.8 Å². The fourth-order valence-electron chi connectivity index (χ4n) is 8.20. The molecule has 358 valence electrons. The van der Waals surface area contributed by atoms with Crippen LogP contribution in [-0.2, 0) is 48.1 Å². The minimum absolute atomic E-state index is 0.0257. The quantitative estimate of drug-likeness (QED) is 0.0662. The second-order valence-electron chi connectivity index (χ2n) is 16.6. The summed E-state index contributed by atoms with van der Waals surface area (Å²) in [6.07, 6.45) is 6.43. The highest BCUT2D eigenvalue weighted by Gasteiger charge is 2.35. The predicted molar refractivity (Wildman–Crippen MR) is 249 cm³/mol. The number of nitrogens with zero attached hydrogens (tertiary/aromatic N) is 4. The zero-order valence-electron chi connectivity index (χ0n) is 38.3. The summed E-state index contributed by atoms with van der Waals surface area (Å²) in [4.78, 5) is 50.5. The Morgan fingerprint density at radius 2 is 1.01 bits per heavy atom. The Balaban J connectivity index is 0.946. The molecule has 2 unspecified atom stereocenters. The molecule has 67 heavy (non-hydrogen) atoms. The number of rotatable bonds is 27. The number of carboxylic acid groups (broad SMARTS) is 1. The molecule has 2 amide bonds. The van der Waals surface area contributed by atoms with Crippen LogP contribution in [0.5, 0.6) is 23.0 Å². The molecular formula is C50H60N4O13. The van der Waals surface area contributed by atoms with Gasteiger partial charge in [0.05, 0.1) is 115 Å². The molecule has 4 aliphatic heterocycles. The molecular weight excluding hydrogens is 865 g/mol. The lowest BCUT2D eigenvalue weighted by atomic mass is 10.0. The van der Waals surface area contributed by atoms with Gasteiger partial charge < -0.3 is 57.5 Å². The molecule has 0 radical (unpaired) electrons. The summed E-state index contributed by atoms with van der Waals surface area (Å²) in [6.45, 7) is 13.5. The third-order valence-corrected chi connectivity index (χ3v) is 11.5. The summed E-state index contributed by atoms with van der Waals surface area (Å²) in [5.74, 6) is 0.640. The third-order valence-electron chi connectivity index (χ3n) is 11.5. The highest BCUT2D eigenvalue weighted by Crippen LogP contribution is 2.40. The number of aliphatic carboxylic acids is 1. The van der Waals surface area contributed by atoms with Gasteiger partial charge in [-0.2, -0.15) is 0 Å². The first-order chi connectivity index (χ1) is 32.6. The van der Waals surface area contributed by atoms with Crippen LogP contribution in [0.4, 0.5) is 11.4 Å². The second-order valence-corrected chi connectivity index (χ2v) is 16.6. The van der Waals surface area contributed by atoms with Gasteiger partial charge in [0, 0.05) is 44.3 Å². The van der Waals surface area contributed by atoms with E-state index in [0.717, 1.165) is 40.7 Å². The SMILES string of the molecule is C=C1CC2C=Nc3cc(OCc4cc(CCCOCCOCCOCCOCCOCCC(=O)O)cc(COc5cc6c(cc5OC)C(=O)N5CC(=C)CC5C=N6)c4)c(OC)cc3C(=O)N2C1. The van der Waals surface area contributed by atoms with Gasteiger partial charge in [-0.15, -0.1) is 0 Å². The first kappa shape index (κ1) is 48.8. The molecule has 7 rings (SSSR count). The fraction of sp³-hybridized carbons (Fsp3) is 0.460. The number of carbonyl (C=O) groups excluding carboxylic acids is 2. The van der Waals surface area contributed by atoms with Crippen LogP contribution in [0.1, 0.15) is 63.1 Å². The van der Waals surface area contributed by atoms with Crippen LogP contribution in [0.2, 0.25) is 0 Å². The number of aliphatic imine (C=N–C) groups is 2. The van der Waals surface area contributed by atoms with Crippen molar-refractivity contribution in [1.29, 1.82) is 0 Å². The summed E-state index contributed by atoms with van der Waals surface area (Å²) >= 11 is 0. The van der Waals surface area contributed by atoms with Gasteiger partial charge in [-0.3, -0.25) is 24.4 Å². The number of amides is 2. The number of ether oxygens (including phenoxy) is 9. The van der Waals surface area contributed by atoms with Crippen LogP contribution in [-0.4, -0.2) is 151 Å². The number of hydrogen-bond acceptors (Lipinski definition) is 14. The average Bonchev–Trinajstić information content (AvgIpc) is 3.83. The Morgan fingerprint density at radius 3 is 1.45 bits per heavy atom. The zero-order valence-corrected chi connectivity index (χ0v) is 38.3. The molecule has 2 fully saturated rings. The molecule has 4 aliphatic rings. The Labute approximate surface area is 390 Å². The first-order valence-electron chi connectivity index (χ1n) is 22.6. The van der Waals surface area contributed by atoms with Gasteiger partial charge in [-0.25, -0.2) is 0 Å². The van der Waals surface area contributed by atoms with Crippen molar-refractivity contribution in [2.24, 2.45) is 9.98 Å². The first-order valence-corrected chi connectivity index (χ1v) is 22.6. The largest absolute Gasteiger partial charge is 0.493 e. The van der Waals surface area contributed by atoms with E-state index in [1.807, 2.05) is 6.07 Å². The summed E-state index contributed by atoms with van der Waals surface area (Å²) in [6, 6.07) is 12.8. The molecule has 2 atom stereocenters. The number of benzene rings is 3. The number of carbonyl (C=O) groups is 3. The van der Waals surface area contributed by atoms with E-state index < -0.39 is 5.97 Å². The van der Waals surface area contributed by atoms with Crippen molar-refractivity contribution < 1.29 is 62.1 Å². The molecule has 0 aromatic heterocycles. The molecule has 17 nitrogen and oxygen atoms in total. The highest BCUT2D eigenvalue weighted by molar-refractivity contribution is 6.04. The van der Waals surface area contributed by atoms with Crippen LogP contribution < -0.4 is 18.9 Å². The smallest absolute Gasteiger partial charge is 0.305 e. The van der Waals surface area contributed by atoms with E-state index in [1.54, 1.807) is 60.7 Å². The molecule has 0 aliphatic carbocycles. The van der Waals surface area contributed by atoms with Crippen molar-refractivity contribution in [3.63, 3.8) is 0 Å². The minimum atomic E-state index is -0.890. The average molecular weight is 925 g/mol. The fourth-order valence-corrected chi connectivity index (χ4v) is 8.20. The Morgan fingerprint density at radius 1 is 0.597 bits per heavy atom. The van der Waals surface area contributed by atoms with Gasteiger partial charge in [0.25, 0.3) is 11.8 Å². The van der Waals surface area contributed by atoms with E-state index in [2.05, 4.69) is 35.3 Å². The molecule has 2 saturated heterocycles. The standard InChI is InChI=1S/C50H60N4O13/c1-33-18-38-27-51-42-25-46(44(59-3)23-40(42)49(57)53(38)29-33)66-31-36-20-35(6-5-8-61-10-12-63-14-16-65-17-15-64-13-11-62-9-7-48(55)56)21-37(22-36)32-67-47-26-43-41(24-45(47)60-4)50(58)54-30-34(2)19-39(54)28-52-43/h20-28,38-39H,1-2,5-19,29-32H2,3-4H3,(H,55,56). The van der Waals surface area contributed by atoms with Crippen LogP contribution in [0.25, 0.3) is 0 Å². The molecule has 1 N–H and O–H groups in total. The second kappa shape index (κ2) is 24.1. The zero-order chi connectivity index (χ0) is 47.1. The third kappa shape index (κ3) is 13.3. The van der Waals surface area contributed by atoms with Gasteiger partial charge in [-0.05, 0) is 60.6 Å². The Kier molecular flexibility index (Phi) is 17.5. The van der Waals surface area contributed by atoms with Crippen molar-refractivity contribution >= 4 is 41.6 Å². The predicted octanol–water partition coefficient (Wildman–Crippen LogP) is 6.33. The van der Waals surface area contributed by atoms with Gasteiger partial charge >= 0.3 is 5.97 Å². The summed E-state index contributed by atoms with van der Waals surface area (Å²) in [5, 5.41) is 8.61. The maximum absolute atomic E-state index is 13.6. The van der Waals surface area contributed by atoms with Crippen LogP contribution in [0.3, 0.4) is 0 Å². The molecule has 3 aromatic carbocycles. The number of fused-ring (bicyclic) bond motifs is 4.